The molecule has 1 aliphatic heterocycles. The monoisotopic (exact) mass is 173 g/mol. The number of alkyl halides is 1. The molecule has 1 saturated heterocycles. The van der Waals surface area contributed by atoms with Crippen LogP contribution in [0, 0.1) is 11.8 Å². The summed E-state index contributed by atoms with van der Waals surface area (Å²) in [6, 6.07) is -0.504. The Balaban J connectivity index is 2.10. The molecule has 3 nitrogen and oxygen atoms in total. The van der Waals surface area contributed by atoms with Crippen LogP contribution < -0.4 is 5.32 Å². The van der Waals surface area contributed by atoms with Gasteiger partial charge < -0.3 is 10.4 Å². The maximum Gasteiger partial charge on any atom is 0.320 e. The zero-order valence-corrected chi connectivity index (χ0v) is 6.66. The lowest BCUT2D eigenvalue weighted by Gasteiger charge is -2.12. The largest absolute Gasteiger partial charge is 0.480 e. The number of carboxylic acids is 1. The third kappa shape index (κ3) is 1.02. The second kappa shape index (κ2) is 2.69. The van der Waals surface area contributed by atoms with Crippen LogP contribution >= 0.6 is 0 Å². The van der Waals surface area contributed by atoms with Crippen LogP contribution in [0.5, 0.6) is 0 Å². The molecule has 0 aromatic carbocycles. The van der Waals surface area contributed by atoms with Gasteiger partial charge in [0.05, 0.1) is 0 Å². The molecule has 2 aliphatic rings. The van der Waals surface area contributed by atoms with Gasteiger partial charge in [-0.3, -0.25) is 4.79 Å². The summed E-state index contributed by atoms with van der Waals surface area (Å²) < 4.78 is 13.1. The third-order valence-corrected chi connectivity index (χ3v) is 3.06. The van der Waals surface area contributed by atoms with Crippen LogP contribution in [0.4, 0.5) is 4.39 Å². The Bertz CT molecular complexity index is 209. The Morgan fingerprint density at radius 1 is 1.42 bits per heavy atom. The lowest BCUT2D eigenvalue weighted by molar-refractivity contribution is -0.140. The molecule has 2 rings (SSSR count). The van der Waals surface area contributed by atoms with Crippen molar-refractivity contribution in [2.24, 2.45) is 11.8 Å². The first kappa shape index (κ1) is 7.98. The molecular weight excluding hydrogens is 161 g/mol. The summed E-state index contributed by atoms with van der Waals surface area (Å²) in [4.78, 5) is 10.7. The highest BCUT2D eigenvalue weighted by Gasteiger charge is 2.47. The molecule has 0 aromatic rings. The van der Waals surface area contributed by atoms with E-state index in [4.69, 9.17) is 5.11 Å². The number of halogens is 1. The van der Waals surface area contributed by atoms with Gasteiger partial charge in [-0.25, -0.2) is 4.39 Å². The van der Waals surface area contributed by atoms with Crippen LogP contribution in [-0.2, 0) is 4.79 Å². The topological polar surface area (TPSA) is 49.3 Å². The van der Waals surface area contributed by atoms with Crippen molar-refractivity contribution in [3.05, 3.63) is 0 Å². The van der Waals surface area contributed by atoms with Gasteiger partial charge in [-0.1, -0.05) is 0 Å². The lowest BCUT2D eigenvalue weighted by atomic mass is 9.94. The standard InChI is InChI=1S/C8H12FNO2/c9-6-2-1-4-5(6)3-10-7(4)8(11)12/h4-7,10H,1-3H2,(H,11,12)/t4-,5-,6+,7+/m0/s1. The molecular formula is C8H12FNO2. The second-order valence-corrected chi connectivity index (χ2v) is 3.65. The Hall–Kier alpha value is -0.640. The number of aliphatic carboxylic acids is 1. The van der Waals surface area contributed by atoms with E-state index in [1.54, 1.807) is 0 Å². The number of hydrogen-bond donors (Lipinski definition) is 2. The molecule has 0 amide bonds. The summed E-state index contributed by atoms with van der Waals surface area (Å²) in [5.41, 5.74) is 0. The minimum absolute atomic E-state index is 0.0255. The molecule has 0 bridgehead atoms. The van der Waals surface area contributed by atoms with Gasteiger partial charge in [-0.2, -0.15) is 0 Å². The minimum Gasteiger partial charge on any atom is -0.480 e. The highest BCUT2D eigenvalue weighted by atomic mass is 19.1. The van der Waals surface area contributed by atoms with E-state index < -0.39 is 18.2 Å². The fourth-order valence-electron chi connectivity index (χ4n) is 2.43. The van der Waals surface area contributed by atoms with E-state index in [0.29, 0.717) is 13.0 Å². The molecule has 1 heterocycles. The molecule has 1 saturated carbocycles. The predicted molar refractivity (Wildman–Crippen MR) is 40.5 cm³/mol. The Kier molecular flexibility index (Phi) is 1.79. The van der Waals surface area contributed by atoms with E-state index in [-0.39, 0.29) is 11.8 Å². The van der Waals surface area contributed by atoms with Crippen molar-refractivity contribution in [3.63, 3.8) is 0 Å². The van der Waals surface area contributed by atoms with Crippen LogP contribution in [-0.4, -0.2) is 29.8 Å². The van der Waals surface area contributed by atoms with Gasteiger partial charge in [0.25, 0.3) is 0 Å². The number of carbonyl (C=O) groups is 1. The summed E-state index contributed by atoms with van der Waals surface area (Å²) in [6.07, 6.45) is 0.475. The van der Waals surface area contributed by atoms with Crippen molar-refractivity contribution in [1.29, 1.82) is 0 Å². The number of carboxylic acid groups (broad SMARTS) is 1. The van der Waals surface area contributed by atoms with Gasteiger partial charge >= 0.3 is 5.97 Å². The van der Waals surface area contributed by atoms with Crippen molar-refractivity contribution in [3.8, 4) is 0 Å². The SMILES string of the molecule is O=C(O)[C@@H]1NC[C@H]2[C@@H]1CC[C@H]2F. The van der Waals surface area contributed by atoms with E-state index in [1.165, 1.54) is 0 Å². The number of fused-ring (bicyclic) bond motifs is 1. The number of rotatable bonds is 1. The second-order valence-electron chi connectivity index (χ2n) is 3.65. The average molecular weight is 173 g/mol. The van der Waals surface area contributed by atoms with Crippen molar-refractivity contribution in [2.45, 2.75) is 25.1 Å². The summed E-state index contributed by atoms with van der Waals surface area (Å²) in [7, 11) is 0. The van der Waals surface area contributed by atoms with Gasteiger partial charge in [0.15, 0.2) is 0 Å². The first-order chi connectivity index (χ1) is 5.70. The molecule has 0 spiro atoms. The highest BCUT2D eigenvalue weighted by molar-refractivity contribution is 5.74. The van der Waals surface area contributed by atoms with Crippen LogP contribution in [0.3, 0.4) is 0 Å². The molecule has 0 radical (unpaired) electrons. The maximum atomic E-state index is 13.1. The number of hydrogen-bond acceptors (Lipinski definition) is 2. The van der Waals surface area contributed by atoms with Crippen LogP contribution in [0.15, 0.2) is 0 Å². The predicted octanol–water partition coefficient (Wildman–Crippen LogP) is 0.407. The smallest absolute Gasteiger partial charge is 0.320 e. The molecule has 68 valence electrons. The first-order valence-corrected chi connectivity index (χ1v) is 4.30. The molecule has 0 aromatic heterocycles. The highest BCUT2D eigenvalue weighted by Crippen LogP contribution is 2.39. The van der Waals surface area contributed by atoms with Gasteiger partial charge in [-0.15, -0.1) is 0 Å². The van der Waals surface area contributed by atoms with Crippen molar-refractivity contribution < 1.29 is 14.3 Å². The molecule has 4 atom stereocenters. The molecule has 12 heavy (non-hydrogen) atoms. The zero-order valence-electron chi connectivity index (χ0n) is 6.66. The summed E-state index contributed by atoms with van der Waals surface area (Å²) in [5.74, 6) is -0.861. The zero-order chi connectivity index (χ0) is 8.72. The molecule has 4 heteroatoms. The van der Waals surface area contributed by atoms with E-state index in [1.807, 2.05) is 0 Å². The summed E-state index contributed by atoms with van der Waals surface area (Å²) in [5, 5.41) is 11.6. The summed E-state index contributed by atoms with van der Waals surface area (Å²) >= 11 is 0. The van der Waals surface area contributed by atoms with E-state index >= 15 is 0 Å². The maximum absolute atomic E-state index is 13.1. The third-order valence-electron chi connectivity index (χ3n) is 3.06. The fraction of sp³-hybridized carbons (Fsp3) is 0.875. The molecule has 0 unspecified atom stereocenters. The molecule has 2 fully saturated rings. The Labute approximate surface area is 70.0 Å². The quantitative estimate of drug-likeness (QED) is 0.603. The van der Waals surface area contributed by atoms with E-state index in [9.17, 15) is 9.18 Å². The first-order valence-electron chi connectivity index (χ1n) is 4.30. The van der Waals surface area contributed by atoms with Gasteiger partial charge in [0, 0.05) is 12.5 Å². The van der Waals surface area contributed by atoms with Crippen LogP contribution in [0.2, 0.25) is 0 Å². The van der Waals surface area contributed by atoms with Crippen molar-refractivity contribution in [1.82, 2.24) is 5.32 Å². The van der Waals surface area contributed by atoms with E-state index in [0.717, 1.165) is 6.42 Å². The van der Waals surface area contributed by atoms with Gasteiger partial charge in [-0.05, 0) is 18.8 Å². The summed E-state index contributed by atoms with van der Waals surface area (Å²) in [6.45, 7) is 0.531. The van der Waals surface area contributed by atoms with Gasteiger partial charge in [0.2, 0.25) is 0 Å². The fourth-order valence-corrected chi connectivity index (χ4v) is 2.43. The Morgan fingerprint density at radius 2 is 2.17 bits per heavy atom. The minimum atomic E-state index is -0.836. The molecule has 2 N–H and O–H groups in total. The van der Waals surface area contributed by atoms with Crippen molar-refractivity contribution in [2.75, 3.05) is 6.54 Å². The molecule has 1 aliphatic carbocycles. The lowest BCUT2D eigenvalue weighted by Crippen LogP contribution is -2.35. The Morgan fingerprint density at radius 3 is 2.83 bits per heavy atom. The van der Waals surface area contributed by atoms with Crippen molar-refractivity contribution >= 4 is 5.97 Å². The van der Waals surface area contributed by atoms with Crippen LogP contribution in [0.25, 0.3) is 0 Å². The van der Waals surface area contributed by atoms with Gasteiger partial charge in [0.1, 0.15) is 12.2 Å². The van der Waals surface area contributed by atoms with Crippen LogP contribution in [0.1, 0.15) is 12.8 Å². The number of nitrogens with one attached hydrogen (secondary N) is 1. The van der Waals surface area contributed by atoms with E-state index in [2.05, 4.69) is 5.32 Å². The average Bonchev–Trinajstić information content (AvgIpc) is 2.53. The normalized spacial score (nSPS) is 46.1.